The molecule has 0 saturated heterocycles. The van der Waals surface area contributed by atoms with Gasteiger partial charge in [-0.15, -0.1) is 0 Å². The molecule has 0 radical (unpaired) electrons. The van der Waals surface area contributed by atoms with Gasteiger partial charge < -0.3 is 5.73 Å². The van der Waals surface area contributed by atoms with Gasteiger partial charge >= 0.3 is 6.03 Å². The summed E-state index contributed by atoms with van der Waals surface area (Å²) in [6, 6.07) is 6.64. The van der Waals surface area contributed by atoms with E-state index < -0.39 is 12.1 Å². The van der Waals surface area contributed by atoms with E-state index in [9.17, 15) is 10.0 Å². The van der Waals surface area contributed by atoms with E-state index in [-0.39, 0.29) is 6.61 Å². The van der Waals surface area contributed by atoms with Crippen molar-refractivity contribution >= 4 is 11.7 Å². The third-order valence-corrected chi connectivity index (χ3v) is 3.69. The second-order valence-corrected chi connectivity index (χ2v) is 5.43. The molecule has 1 aliphatic heterocycles. The molecule has 2 amide bonds. The van der Waals surface area contributed by atoms with E-state index in [1.165, 1.54) is 5.56 Å². The summed E-state index contributed by atoms with van der Waals surface area (Å²) < 4.78 is 0. The van der Waals surface area contributed by atoms with Crippen LogP contribution in [0.25, 0.3) is 5.70 Å². The van der Waals surface area contributed by atoms with Gasteiger partial charge in [-0.05, 0) is 18.4 Å². The lowest BCUT2D eigenvalue weighted by Crippen LogP contribution is -2.41. The van der Waals surface area contributed by atoms with Crippen LogP contribution in [0.2, 0.25) is 0 Å². The Labute approximate surface area is 124 Å². The Kier molecular flexibility index (Phi) is 4.50. The van der Waals surface area contributed by atoms with E-state index in [1.54, 1.807) is 6.92 Å². The van der Waals surface area contributed by atoms with Crippen LogP contribution in [0.3, 0.4) is 0 Å². The lowest BCUT2D eigenvalue weighted by atomic mass is 9.98. The molecule has 6 nitrogen and oxygen atoms in total. The number of nitrogens with zero attached hydrogens (tertiary/aromatic N) is 1. The first-order valence-electron chi connectivity index (χ1n) is 6.90. The molecular weight excluding hydrogens is 270 g/mol. The Hall–Kier alpha value is -2.05. The largest absolute Gasteiger partial charge is 0.350 e. The summed E-state index contributed by atoms with van der Waals surface area (Å²) >= 11 is 0. The second-order valence-electron chi connectivity index (χ2n) is 5.43. The summed E-state index contributed by atoms with van der Waals surface area (Å²) in [5.74, 6) is 0.460. The minimum Gasteiger partial charge on any atom is -0.350 e. The molecule has 0 fully saturated rings. The maximum absolute atomic E-state index is 11.1. The van der Waals surface area contributed by atoms with Crippen LogP contribution < -0.4 is 11.2 Å². The summed E-state index contributed by atoms with van der Waals surface area (Å²) in [6.07, 6.45) is 0. The van der Waals surface area contributed by atoms with Crippen LogP contribution in [0.15, 0.2) is 29.8 Å². The molecule has 1 heterocycles. The average molecular weight is 291 g/mol. The van der Waals surface area contributed by atoms with Crippen LogP contribution in [-0.4, -0.2) is 29.0 Å². The molecule has 6 heteroatoms. The van der Waals surface area contributed by atoms with E-state index in [4.69, 9.17) is 10.6 Å². The number of rotatable bonds is 4. The quantitative estimate of drug-likeness (QED) is 0.586. The van der Waals surface area contributed by atoms with Crippen molar-refractivity contribution in [3.8, 4) is 0 Å². The first-order valence-corrected chi connectivity index (χ1v) is 6.90. The average Bonchev–Trinajstić information content (AvgIpc) is 2.95. The summed E-state index contributed by atoms with van der Waals surface area (Å²) in [4.78, 5) is 16.3. The van der Waals surface area contributed by atoms with Gasteiger partial charge in [-0.2, -0.15) is 5.06 Å². The predicted octanol–water partition coefficient (Wildman–Crippen LogP) is 2.21. The monoisotopic (exact) mass is 291 g/mol. The lowest BCUT2D eigenvalue weighted by molar-refractivity contribution is -0.0611. The Balaban J connectivity index is 2.31. The Morgan fingerprint density at radius 2 is 1.95 bits per heavy atom. The van der Waals surface area contributed by atoms with Gasteiger partial charge in [0.15, 0.2) is 0 Å². The fraction of sp³-hybridized carbons (Fsp3) is 0.400. The smallest absolute Gasteiger partial charge is 0.339 e. The van der Waals surface area contributed by atoms with Crippen LogP contribution >= 0.6 is 0 Å². The standard InChI is InChI=1S/C15H21N3O3/c1-9(2)11-4-6-12(7-5-11)14-13(8-21-17-14)10(3)18(20)15(16)19/h4-7,9-10,17,20H,8H2,1-3H3,(H2,16,19). The minimum absolute atomic E-state index is 0.284. The maximum Gasteiger partial charge on any atom is 0.339 e. The lowest BCUT2D eigenvalue weighted by Gasteiger charge is -2.21. The molecule has 0 aromatic heterocycles. The zero-order valence-corrected chi connectivity index (χ0v) is 12.5. The van der Waals surface area contributed by atoms with Gasteiger partial charge in [0.25, 0.3) is 0 Å². The topological polar surface area (TPSA) is 87.8 Å². The fourth-order valence-corrected chi connectivity index (χ4v) is 2.27. The zero-order chi connectivity index (χ0) is 15.6. The van der Waals surface area contributed by atoms with Crippen LogP contribution in [0.1, 0.15) is 37.8 Å². The van der Waals surface area contributed by atoms with E-state index in [0.29, 0.717) is 11.0 Å². The number of carbonyl (C=O) groups is 1. The second kappa shape index (κ2) is 6.15. The number of hydrogen-bond acceptors (Lipinski definition) is 4. The normalized spacial score (nSPS) is 16.0. The molecule has 1 aromatic rings. The molecule has 1 aliphatic rings. The molecule has 1 atom stereocenters. The highest BCUT2D eigenvalue weighted by Crippen LogP contribution is 2.26. The van der Waals surface area contributed by atoms with Gasteiger partial charge in [0, 0.05) is 11.1 Å². The van der Waals surface area contributed by atoms with Crippen molar-refractivity contribution in [2.24, 2.45) is 5.73 Å². The summed E-state index contributed by atoms with van der Waals surface area (Å²) in [5, 5.41) is 10.2. The summed E-state index contributed by atoms with van der Waals surface area (Å²) in [7, 11) is 0. The van der Waals surface area contributed by atoms with Crippen molar-refractivity contribution in [3.05, 3.63) is 41.0 Å². The van der Waals surface area contributed by atoms with Crippen molar-refractivity contribution in [2.45, 2.75) is 32.7 Å². The molecule has 1 unspecified atom stereocenters. The van der Waals surface area contributed by atoms with Crippen LogP contribution in [0.5, 0.6) is 0 Å². The Morgan fingerprint density at radius 1 is 1.33 bits per heavy atom. The molecular formula is C15H21N3O3. The minimum atomic E-state index is -0.892. The van der Waals surface area contributed by atoms with E-state index in [1.807, 2.05) is 12.1 Å². The summed E-state index contributed by atoms with van der Waals surface area (Å²) in [6.45, 7) is 6.25. The number of hydrogen-bond donors (Lipinski definition) is 3. The van der Waals surface area contributed by atoms with E-state index >= 15 is 0 Å². The van der Waals surface area contributed by atoms with Crippen molar-refractivity contribution in [1.82, 2.24) is 10.5 Å². The molecule has 0 bridgehead atoms. The first-order chi connectivity index (χ1) is 9.91. The molecule has 4 N–H and O–H groups in total. The van der Waals surface area contributed by atoms with Gasteiger partial charge in [0.2, 0.25) is 0 Å². The van der Waals surface area contributed by atoms with Crippen molar-refractivity contribution < 1.29 is 14.8 Å². The van der Waals surface area contributed by atoms with Gasteiger partial charge in [-0.3, -0.25) is 15.5 Å². The number of benzene rings is 1. The number of carbonyl (C=O) groups excluding carboxylic acids is 1. The number of amides is 2. The molecule has 1 aromatic carbocycles. The number of urea groups is 1. The molecule has 0 spiro atoms. The predicted molar refractivity (Wildman–Crippen MR) is 79.2 cm³/mol. The van der Waals surface area contributed by atoms with Gasteiger partial charge in [-0.1, -0.05) is 38.1 Å². The fourth-order valence-electron chi connectivity index (χ4n) is 2.27. The van der Waals surface area contributed by atoms with E-state index in [0.717, 1.165) is 16.8 Å². The number of nitrogens with two attached hydrogens (primary N) is 1. The molecule has 0 aliphatic carbocycles. The first kappa shape index (κ1) is 15.3. The third-order valence-electron chi connectivity index (χ3n) is 3.69. The highest BCUT2D eigenvalue weighted by molar-refractivity contribution is 5.74. The van der Waals surface area contributed by atoms with Gasteiger partial charge in [0.1, 0.15) is 6.61 Å². The van der Waals surface area contributed by atoms with Crippen LogP contribution in [-0.2, 0) is 4.84 Å². The number of primary amides is 1. The van der Waals surface area contributed by atoms with Crippen LogP contribution in [0.4, 0.5) is 4.79 Å². The SMILES string of the molecule is CC(C)c1ccc(C2=C(C(C)N(O)C(N)=O)CON2)cc1. The van der Waals surface area contributed by atoms with Crippen LogP contribution in [0, 0.1) is 0 Å². The molecule has 114 valence electrons. The highest BCUT2D eigenvalue weighted by Gasteiger charge is 2.27. The van der Waals surface area contributed by atoms with Crippen molar-refractivity contribution in [3.63, 3.8) is 0 Å². The molecule has 0 saturated carbocycles. The third kappa shape index (κ3) is 3.17. The Morgan fingerprint density at radius 3 is 2.48 bits per heavy atom. The molecule has 21 heavy (non-hydrogen) atoms. The van der Waals surface area contributed by atoms with Crippen molar-refractivity contribution in [2.75, 3.05) is 6.61 Å². The zero-order valence-electron chi connectivity index (χ0n) is 12.5. The maximum atomic E-state index is 11.1. The van der Waals surface area contributed by atoms with Gasteiger partial charge in [-0.25, -0.2) is 4.79 Å². The summed E-state index contributed by atoms with van der Waals surface area (Å²) in [5.41, 5.74) is 11.7. The van der Waals surface area contributed by atoms with Crippen molar-refractivity contribution in [1.29, 1.82) is 0 Å². The Bertz CT molecular complexity index is 552. The highest BCUT2D eigenvalue weighted by atomic mass is 16.6. The van der Waals surface area contributed by atoms with Gasteiger partial charge in [0.05, 0.1) is 11.7 Å². The van der Waals surface area contributed by atoms with E-state index in [2.05, 4.69) is 31.5 Å². The number of nitrogens with one attached hydrogen (secondary N) is 1. The number of hydroxylamine groups is 3. The molecule has 2 rings (SSSR count).